The lowest BCUT2D eigenvalue weighted by Gasteiger charge is -2.38. The molecule has 0 bridgehead atoms. The van der Waals surface area contributed by atoms with Crippen molar-refractivity contribution in [1.29, 1.82) is 0 Å². The number of H-pyrrole nitrogens is 1. The van der Waals surface area contributed by atoms with E-state index < -0.39 is 0 Å². The van der Waals surface area contributed by atoms with E-state index in [4.69, 9.17) is 4.74 Å². The van der Waals surface area contributed by atoms with Crippen LogP contribution in [0.3, 0.4) is 0 Å². The van der Waals surface area contributed by atoms with Gasteiger partial charge < -0.3 is 9.72 Å². The van der Waals surface area contributed by atoms with Crippen molar-refractivity contribution in [1.82, 2.24) is 9.88 Å². The summed E-state index contributed by atoms with van der Waals surface area (Å²) in [5, 5.41) is 4.00. The topological polar surface area (TPSA) is 28.3 Å². The number of nitrogens with one attached hydrogen (secondary N) is 1. The summed E-state index contributed by atoms with van der Waals surface area (Å²) in [4.78, 5) is 6.41. The second kappa shape index (κ2) is 7.23. The maximum Gasteiger partial charge on any atom is 0.119 e. The summed E-state index contributed by atoms with van der Waals surface area (Å²) in [6, 6.07) is 22.2. The van der Waals surface area contributed by atoms with Crippen LogP contribution < -0.4 is 4.74 Å². The molecule has 0 spiro atoms. The molecule has 1 aliphatic rings. The van der Waals surface area contributed by atoms with Gasteiger partial charge in [0.15, 0.2) is 0 Å². The second-order valence-corrected chi connectivity index (χ2v) is 8.48. The van der Waals surface area contributed by atoms with Gasteiger partial charge >= 0.3 is 0 Å². The van der Waals surface area contributed by atoms with Gasteiger partial charge in [-0.1, -0.05) is 56.3 Å². The number of ether oxygens (including phenoxy) is 1. The fourth-order valence-electron chi connectivity index (χ4n) is 5.06. The van der Waals surface area contributed by atoms with Crippen LogP contribution in [-0.4, -0.2) is 23.5 Å². The van der Waals surface area contributed by atoms with Crippen LogP contribution in [0.5, 0.6) is 5.75 Å². The Balaban J connectivity index is 1.56. The Labute approximate surface area is 172 Å². The highest BCUT2D eigenvalue weighted by molar-refractivity contribution is 5.87. The molecule has 1 atom stereocenters. The number of fused-ring (bicyclic) bond motifs is 4. The minimum Gasteiger partial charge on any atom is -0.497 e. The van der Waals surface area contributed by atoms with E-state index in [2.05, 4.69) is 78.3 Å². The number of aromatic amines is 1. The van der Waals surface area contributed by atoms with Gasteiger partial charge in [0.1, 0.15) is 5.75 Å². The molecular formula is C26H28N2O. The molecule has 0 aliphatic carbocycles. The van der Waals surface area contributed by atoms with E-state index in [0.29, 0.717) is 12.0 Å². The maximum atomic E-state index is 5.47. The smallest absolute Gasteiger partial charge is 0.119 e. The molecule has 3 heteroatoms. The van der Waals surface area contributed by atoms with E-state index in [9.17, 15) is 0 Å². The van der Waals surface area contributed by atoms with Crippen molar-refractivity contribution in [2.24, 2.45) is 5.92 Å². The first kappa shape index (κ1) is 18.3. The molecule has 0 unspecified atom stereocenters. The third kappa shape index (κ3) is 3.10. The minimum atomic E-state index is 0.385. The molecule has 29 heavy (non-hydrogen) atoms. The van der Waals surface area contributed by atoms with Gasteiger partial charge in [0.05, 0.1) is 13.2 Å². The highest BCUT2D eigenvalue weighted by atomic mass is 16.5. The standard InChI is InChI=1S/C26H28N2O/c1-17(2)26-25-22(23-15-20(29-3)11-12-24(23)27-25)13-14-28(26)16-19-9-6-8-18-7-4-5-10-21(18)19/h4-12,15,17,26-27H,13-14,16H2,1-3H3/t26-/m0/s1. The number of nitrogens with zero attached hydrogens (tertiary/aromatic N) is 1. The van der Waals surface area contributed by atoms with Crippen LogP contribution in [0.25, 0.3) is 21.7 Å². The van der Waals surface area contributed by atoms with Gasteiger partial charge in [-0.05, 0) is 52.4 Å². The summed E-state index contributed by atoms with van der Waals surface area (Å²) in [6.07, 6.45) is 1.07. The van der Waals surface area contributed by atoms with Crippen molar-refractivity contribution in [2.45, 2.75) is 32.9 Å². The second-order valence-electron chi connectivity index (χ2n) is 8.48. The van der Waals surface area contributed by atoms with Gasteiger partial charge in [-0.2, -0.15) is 0 Å². The normalized spacial score (nSPS) is 17.2. The maximum absolute atomic E-state index is 5.47. The van der Waals surface area contributed by atoms with Crippen molar-refractivity contribution in [3.05, 3.63) is 77.5 Å². The number of methoxy groups -OCH3 is 1. The lowest BCUT2D eigenvalue weighted by Crippen LogP contribution is -2.37. The largest absolute Gasteiger partial charge is 0.497 e. The van der Waals surface area contributed by atoms with Crippen molar-refractivity contribution >= 4 is 21.7 Å². The Morgan fingerprint density at radius 3 is 2.69 bits per heavy atom. The van der Waals surface area contributed by atoms with Crippen LogP contribution in [0.2, 0.25) is 0 Å². The highest BCUT2D eigenvalue weighted by Crippen LogP contribution is 2.40. The molecule has 0 radical (unpaired) electrons. The van der Waals surface area contributed by atoms with Gasteiger partial charge in [0, 0.05) is 29.7 Å². The van der Waals surface area contributed by atoms with Crippen LogP contribution in [0.15, 0.2) is 60.7 Å². The molecule has 5 rings (SSSR count). The number of aromatic nitrogens is 1. The number of hydrogen-bond donors (Lipinski definition) is 1. The first-order valence-corrected chi connectivity index (χ1v) is 10.5. The Bertz CT molecular complexity index is 1170. The molecular weight excluding hydrogens is 356 g/mol. The van der Waals surface area contributed by atoms with E-state index in [0.717, 1.165) is 25.3 Å². The lowest BCUT2D eigenvalue weighted by molar-refractivity contribution is 0.133. The Morgan fingerprint density at radius 1 is 1.03 bits per heavy atom. The fraction of sp³-hybridized carbons (Fsp3) is 0.308. The molecule has 0 saturated carbocycles. The van der Waals surface area contributed by atoms with E-state index in [1.807, 2.05) is 6.07 Å². The van der Waals surface area contributed by atoms with Gasteiger partial charge in [0.2, 0.25) is 0 Å². The van der Waals surface area contributed by atoms with Gasteiger partial charge in [-0.15, -0.1) is 0 Å². The average Bonchev–Trinajstić information content (AvgIpc) is 3.11. The Morgan fingerprint density at radius 2 is 1.86 bits per heavy atom. The van der Waals surface area contributed by atoms with Gasteiger partial charge in [-0.25, -0.2) is 0 Å². The Hall–Kier alpha value is -2.78. The molecule has 3 nitrogen and oxygen atoms in total. The lowest BCUT2D eigenvalue weighted by atomic mass is 9.89. The zero-order chi connectivity index (χ0) is 20.0. The van der Waals surface area contributed by atoms with Crippen LogP contribution in [-0.2, 0) is 13.0 Å². The van der Waals surface area contributed by atoms with Crippen LogP contribution in [0.1, 0.15) is 36.7 Å². The summed E-state index contributed by atoms with van der Waals surface area (Å²) >= 11 is 0. The monoisotopic (exact) mass is 384 g/mol. The fourth-order valence-corrected chi connectivity index (χ4v) is 5.06. The zero-order valence-corrected chi connectivity index (χ0v) is 17.4. The molecule has 4 aromatic rings. The van der Waals surface area contributed by atoms with Crippen LogP contribution in [0.4, 0.5) is 0 Å². The van der Waals surface area contributed by atoms with E-state index in [1.165, 1.54) is 38.5 Å². The SMILES string of the molecule is COc1ccc2[nH]c3c(c2c1)CCN(Cc1cccc2ccccc12)[C@H]3C(C)C. The third-order valence-corrected chi connectivity index (χ3v) is 6.37. The molecule has 3 aromatic carbocycles. The summed E-state index contributed by atoms with van der Waals surface area (Å²) in [6.45, 7) is 6.72. The summed E-state index contributed by atoms with van der Waals surface area (Å²) < 4.78 is 5.47. The number of hydrogen-bond acceptors (Lipinski definition) is 2. The molecule has 148 valence electrons. The third-order valence-electron chi connectivity index (χ3n) is 6.37. The van der Waals surface area contributed by atoms with Crippen molar-refractivity contribution in [2.75, 3.05) is 13.7 Å². The van der Waals surface area contributed by atoms with Crippen LogP contribution >= 0.6 is 0 Å². The predicted molar refractivity (Wildman–Crippen MR) is 120 cm³/mol. The molecule has 0 saturated heterocycles. The first-order valence-electron chi connectivity index (χ1n) is 10.5. The molecule has 0 fully saturated rings. The van der Waals surface area contributed by atoms with Crippen LogP contribution in [0, 0.1) is 5.92 Å². The predicted octanol–water partition coefficient (Wildman–Crippen LogP) is 6.09. The number of benzene rings is 3. The van der Waals surface area contributed by atoms with E-state index in [1.54, 1.807) is 7.11 Å². The molecule has 1 N–H and O–H groups in total. The summed E-state index contributed by atoms with van der Waals surface area (Å²) in [5.74, 6) is 1.46. The number of rotatable bonds is 4. The minimum absolute atomic E-state index is 0.385. The molecule has 0 amide bonds. The van der Waals surface area contributed by atoms with Gasteiger partial charge in [0.25, 0.3) is 0 Å². The summed E-state index contributed by atoms with van der Waals surface area (Å²) in [7, 11) is 1.74. The zero-order valence-electron chi connectivity index (χ0n) is 17.4. The van der Waals surface area contributed by atoms with E-state index in [-0.39, 0.29) is 0 Å². The van der Waals surface area contributed by atoms with Crippen molar-refractivity contribution < 1.29 is 4.74 Å². The van der Waals surface area contributed by atoms with E-state index >= 15 is 0 Å². The highest BCUT2D eigenvalue weighted by Gasteiger charge is 2.32. The molecule has 1 aliphatic heterocycles. The van der Waals surface area contributed by atoms with Crippen molar-refractivity contribution in [3.63, 3.8) is 0 Å². The quantitative estimate of drug-likeness (QED) is 0.461. The van der Waals surface area contributed by atoms with Crippen molar-refractivity contribution in [3.8, 4) is 5.75 Å². The average molecular weight is 385 g/mol. The first-order chi connectivity index (χ1) is 14.2. The Kier molecular flexibility index (Phi) is 4.56. The van der Waals surface area contributed by atoms with Gasteiger partial charge in [-0.3, -0.25) is 4.90 Å². The molecule has 1 aromatic heterocycles. The summed E-state index contributed by atoms with van der Waals surface area (Å²) in [5.41, 5.74) is 5.48. The molecule has 2 heterocycles.